The van der Waals surface area contributed by atoms with Gasteiger partial charge in [-0.3, -0.25) is 9.69 Å². The summed E-state index contributed by atoms with van der Waals surface area (Å²) >= 11 is 0. The fourth-order valence-electron chi connectivity index (χ4n) is 2.26. The van der Waals surface area contributed by atoms with Crippen molar-refractivity contribution in [2.45, 2.75) is 39.6 Å². The van der Waals surface area contributed by atoms with E-state index in [-0.39, 0.29) is 13.1 Å². The van der Waals surface area contributed by atoms with Crippen molar-refractivity contribution < 1.29 is 30.0 Å². The third-order valence-electron chi connectivity index (χ3n) is 3.41. The minimum absolute atomic E-state index is 0.0220. The molecule has 1 saturated heterocycles. The lowest BCUT2D eigenvalue weighted by Crippen LogP contribution is -2.49. The maximum Gasteiger partial charge on any atom is 0.413 e. The summed E-state index contributed by atoms with van der Waals surface area (Å²) in [7, 11) is 0. The Morgan fingerprint density at radius 2 is 2.04 bits per heavy atom. The van der Waals surface area contributed by atoms with Gasteiger partial charge in [0.2, 0.25) is 0 Å². The number of esters is 1. The van der Waals surface area contributed by atoms with Crippen LogP contribution in [0.3, 0.4) is 0 Å². The zero-order valence-corrected chi connectivity index (χ0v) is 13.9. The van der Waals surface area contributed by atoms with Gasteiger partial charge < -0.3 is 14.2 Å². The van der Waals surface area contributed by atoms with Crippen molar-refractivity contribution in [1.29, 1.82) is 0 Å². The molecule has 2 atom stereocenters. The number of benzene rings is 1. The largest absolute Gasteiger partial charge is 0.465 e. The molecule has 130 valence electrons. The minimum atomic E-state index is -2.19. The van der Waals surface area contributed by atoms with Crippen LogP contribution in [0.15, 0.2) is 30.3 Å². The molecular weight excluding hydrogens is 314 g/mol. The first-order valence-electron chi connectivity index (χ1n) is 7.96. The smallest absolute Gasteiger partial charge is 0.413 e. The molecule has 0 radical (unpaired) electrons. The Labute approximate surface area is 141 Å². The number of carbonyl (C=O) groups is 3. The SMILES string of the molecule is [2H][C@]1(COC=O)C(=O)O[C@@H](C(C)(C)C)N1C(=O)OCc1ccccc1. The van der Waals surface area contributed by atoms with E-state index in [1.165, 1.54) is 0 Å². The van der Waals surface area contributed by atoms with E-state index in [0.717, 1.165) is 10.5 Å². The van der Waals surface area contributed by atoms with Gasteiger partial charge in [-0.15, -0.1) is 0 Å². The third-order valence-corrected chi connectivity index (χ3v) is 3.41. The molecule has 0 aromatic heterocycles. The molecule has 0 saturated carbocycles. The van der Waals surface area contributed by atoms with Crippen molar-refractivity contribution in [1.82, 2.24) is 4.90 Å². The molecule has 1 amide bonds. The Hall–Kier alpha value is -2.57. The standard InChI is InChI=1S/C17H21NO6/c1-17(2,3)15-18(13(10-22-11-19)14(20)24-15)16(21)23-9-12-7-5-4-6-8-12/h4-8,11,13,15H,9-10H2,1-3H3/t13-,15-/m0/s1/i13D. The van der Waals surface area contributed by atoms with Crippen molar-refractivity contribution >= 4 is 18.5 Å². The predicted octanol–water partition coefficient (Wildman–Crippen LogP) is 2.10. The van der Waals surface area contributed by atoms with Crippen LogP contribution in [0.4, 0.5) is 4.79 Å². The summed E-state index contributed by atoms with van der Waals surface area (Å²) < 4.78 is 23.4. The van der Waals surface area contributed by atoms with Crippen LogP contribution in [0.5, 0.6) is 0 Å². The second-order valence-corrected chi connectivity index (χ2v) is 6.39. The van der Waals surface area contributed by atoms with Gasteiger partial charge in [0, 0.05) is 5.41 Å². The summed E-state index contributed by atoms with van der Waals surface area (Å²) in [6.07, 6.45) is -1.91. The van der Waals surface area contributed by atoms with Gasteiger partial charge in [0.1, 0.15) is 13.2 Å². The van der Waals surface area contributed by atoms with Gasteiger partial charge in [0.15, 0.2) is 12.2 Å². The summed E-state index contributed by atoms with van der Waals surface area (Å²) in [6.45, 7) is 4.73. The van der Waals surface area contributed by atoms with Crippen LogP contribution in [-0.2, 0) is 30.4 Å². The van der Waals surface area contributed by atoms with Gasteiger partial charge in [0.05, 0.1) is 1.37 Å². The Balaban J connectivity index is 2.24. The molecule has 1 heterocycles. The lowest BCUT2D eigenvalue weighted by molar-refractivity contribution is -0.147. The molecule has 1 fully saturated rings. The lowest BCUT2D eigenvalue weighted by atomic mass is 9.93. The number of rotatable bonds is 5. The number of nitrogens with zero attached hydrogens (tertiary/aromatic N) is 1. The highest BCUT2D eigenvalue weighted by Crippen LogP contribution is 2.33. The summed E-state index contributed by atoms with van der Waals surface area (Å²) in [4.78, 5) is 36.2. The van der Waals surface area contributed by atoms with Crippen molar-refractivity contribution in [3.8, 4) is 0 Å². The van der Waals surface area contributed by atoms with E-state index in [4.69, 9.17) is 10.8 Å². The zero-order chi connectivity index (χ0) is 18.7. The average Bonchev–Trinajstić information content (AvgIpc) is 2.84. The second-order valence-electron chi connectivity index (χ2n) is 6.39. The Morgan fingerprint density at radius 1 is 1.38 bits per heavy atom. The van der Waals surface area contributed by atoms with Crippen LogP contribution >= 0.6 is 0 Å². The number of hydrogen-bond acceptors (Lipinski definition) is 6. The highest BCUT2D eigenvalue weighted by molar-refractivity contribution is 5.84. The quantitative estimate of drug-likeness (QED) is 0.465. The molecule has 0 bridgehead atoms. The van der Waals surface area contributed by atoms with Gasteiger partial charge in [-0.2, -0.15) is 0 Å². The average molecular weight is 336 g/mol. The van der Waals surface area contributed by atoms with Crippen molar-refractivity contribution in [3.63, 3.8) is 0 Å². The van der Waals surface area contributed by atoms with Crippen molar-refractivity contribution in [3.05, 3.63) is 35.9 Å². The molecule has 1 aromatic rings. The number of carbonyl (C=O) groups excluding carboxylic acids is 3. The summed E-state index contributed by atoms with van der Waals surface area (Å²) in [5.41, 5.74) is 0.0973. The summed E-state index contributed by atoms with van der Waals surface area (Å²) in [5, 5.41) is 0. The normalized spacial score (nSPS) is 24.1. The number of amides is 1. The minimum Gasteiger partial charge on any atom is -0.465 e. The monoisotopic (exact) mass is 336 g/mol. The fourth-order valence-corrected chi connectivity index (χ4v) is 2.26. The Bertz CT molecular complexity index is 644. The highest BCUT2D eigenvalue weighted by atomic mass is 16.6. The molecule has 0 spiro atoms. The lowest BCUT2D eigenvalue weighted by Gasteiger charge is -2.33. The molecule has 7 heteroatoms. The summed E-state index contributed by atoms with van der Waals surface area (Å²) in [6, 6.07) is 6.81. The first kappa shape index (κ1) is 16.3. The van der Waals surface area contributed by atoms with Crippen LogP contribution in [0, 0.1) is 5.41 Å². The molecule has 0 N–H and O–H groups in total. The number of cyclic esters (lactones) is 1. The van der Waals surface area contributed by atoms with Crippen molar-refractivity contribution in [2.24, 2.45) is 5.41 Å². The molecule has 0 unspecified atom stereocenters. The van der Waals surface area contributed by atoms with E-state index in [1.807, 2.05) is 6.07 Å². The van der Waals surface area contributed by atoms with Crippen LogP contribution < -0.4 is 0 Å². The van der Waals surface area contributed by atoms with E-state index < -0.39 is 36.3 Å². The second kappa shape index (κ2) is 7.33. The number of hydrogen-bond donors (Lipinski definition) is 0. The van der Waals surface area contributed by atoms with E-state index in [1.54, 1.807) is 45.0 Å². The zero-order valence-electron chi connectivity index (χ0n) is 14.9. The van der Waals surface area contributed by atoms with Gasteiger partial charge >= 0.3 is 12.1 Å². The molecule has 1 aliphatic heterocycles. The molecule has 0 aliphatic carbocycles. The van der Waals surface area contributed by atoms with Crippen LogP contribution in [-0.4, -0.2) is 42.3 Å². The Kier molecular flexibility index (Phi) is 4.98. The molecule has 24 heavy (non-hydrogen) atoms. The van der Waals surface area contributed by atoms with Crippen LogP contribution in [0.25, 0.3) is 0 Å². The topological polar surface area (TPSA) is 82.1 Å². The van der Waals surface area contributed by atoms with Gasteiger partial charge in [-0.05, 0) is 5.56 Å². The first-order chi connectivity index (χ1) is 11.7. The third kappa shape index (κ3) is 4.04. The molecule has 2 rings (SSSR count). The number of ether oxygens (including phenoxy) is 3. The maximum absolute atomic E-state index is 12.6. The molecule has 7 nitrogen and oxygen atoms in total. The highest BCUT2D eigenvalue weighted by Gasteiger charge is 2.51. The van der Waals surface area contributed by atoms with Crippen LogP contribution in [0.2, 0.25) is 0 Å². The van der Waals surface area contributed by atoms with Crippen molar-refractivity contribution in [2.75, 3.05) is 6.61 Å². The van der Waals surface area contributed by atoms with Crippen LogP contribution in [0.1, 0.15) is 27.7 Å². The van der Waals surface area contributed by atoms with Gasteiger partial charge in [-0.25, -0.2) is 9.59 Å². The van der Waals surface area contributed by atoms with E-state index in [2.05, 4.69) is 4.74 Å². The molecule has 1 aliphatic rings. The first-order valence-corrected chi connectivity index (χ1v) is 7.46. The predicted molar refractivity (Wildman–Crippen MR) is 83.6 cm³/mol. The molecule has 1 aromatic carbocycles. The van der Waals surface area contributed by atoms with Gasteiger partial charge in [-0.1, -0.05) is 51.1 Å². The van der Waals surface area contributed by atoms with Gasteiger partial charge in [0.25, 0.3) is 6.47 Å². The van der Waals surface area contributed by atoms with E-state index >= 15 is 0 Å². The van der Waals surface area contributed by atoms with E-state index in [0.29, 0.717) is 0 Å². The molecular formula is C17H21NO6. The summed E-state index contributed by atoms with van der Waals surface area (Å²) in [5.74, 6) is -0.967. The fraction of sp³-hybridized carbons (Fsp3) is 0.471. The Morgan fingerprint density at radius 3 is 2.62 bits per heavy atom. The maximum atomic E-state index is 12.6. The van der Waals surface area contributed by atoms with E-state index in [9.17, 15) is 14.4 Å².